The Labute approximate surface area is 162 Å². The van der Waals surface area contributed by atoms with E-state index in [0.717, 1.165) is 46.5 Å². The summed E-state index contributed by atoms with van der Waals surface area (Å²) >= 11 is 1.49. The van der Waals surface area contributed by atoms with Gasteiger partial charge in [0.25, 0.3) is 5.91 Å². The molecule has 1 fully saturated rings. The van der Waals surface area contributed by atoms with Gasteiger partial charge in [-0.15, -0.1) is 11.3 Å². The Balaban J connectivity index is 1.51. The number of pyridine rings is 1. The lowest BCUT2D eigenvalue weighted by molar-refractivity contribution is 0.0707. The van der Waals surface area contributed by atoms with E-state index in [2.05, 4.69) is 19.5 Å². The van der Waals surface area contributed by atoms with Crippen molar-refractivity contribution in [1.29, 1.82) is 0 Å². The lowest BCUT2D eigenvalue weighted by Gasteiger charge is -2.32. The average molecular weight is 382 g/mol. The first-order valence-corrected chi connectivity index (χ1v) is 10.1. The largest absolute Gasteiger partial charge is 0.337 e. The van der Waals surface area contributed by atoms with Gasteiger partial charge in [-0.3, -0.25) is 9.78 Å². The number of hydrogen-bond acceptors (Lipinski definition) is 5. The number of carbonyl (C=O) groups excluding carboxylic acids is 1. The van der Waals surface area contributed by atoms with Crippen LogP contribution in [0.15, 0.2) is 36.8 Å². The van der Waals surface area contributed by atoms with Gasteiger partial charge >= 0.3 is 0 Å². The highest BCUT2D eigenvalue weighted by Crippen LogP contribution is 2.28. The Kier molecular flexibility index (Phi) is 5.03. The first-order valence-electron chi connectivity index (χ1n) is 9.26. The minimum absolute atomic E-state index is 0.102. The van der Waals surface area contributed by atoms with E-state index in [1.54, 1.807) is 0 Å². The predicted octanol–water partition coefficient (Wildman–Crippen LogP) is 3.42. The molecule has 1 aliphatic rings. The summed E-state index contributed by atoms with van der Waals surface area (Å²) in [5.74, 6) is 1.39. The highest BCUT2D eigenvalue weighted by atomic mass is 32.1. The molecule has 1 atom stereocenters. The third-order valence-corrected chi connectivity index (χ3v) is 6.04. The summed E-state index contributed by atoms with van der Waals surface area (Å²) in [6.45, 7) is 6.06. The Bertz CT molecular complexity index is 933. The van der Waals surface area contributed by atoms with Crippen LogP contribution >= 0.6 is 11.3 Å². The second-order valence-electron chi connectivity index (χ2n) is 6.97. The second kappa shape index (κ2) is 7.60. The molecule has 4 heterocycles. The zero-order chi connectivity index (χ0) is 18.8. The zero-order valence-corrected chi connectivity index (χ0v) is 16.4. The number of amides is 1. The number of rotatable bonds is 4. The molecule has 27 heavy (non-hydrogen) atoms. The van der Waals surface area contributed by atoms with Crippen molar-refractivity contribution in [2.75, 3.05) is 13.1 Å². The quantitative estimate of drug-likeness (QED) is 0.695. The molecule has 6 nitrogen and oxygen atoms in total. The van der Waals surface area contributed by atoms with Crippen molar-refractivity contribution in [1.82, 2.24) is 24.4 Å². The molecule has 0 radical (unpaired) electrons. The molecule has 1 amide bonds. The molecule has 0 unspecified atom stereocenters. The number of thiazole rings is 1. The van der Waals surface area contributed by atoms with Crippen molar-refractivity contribution in [3.63, 3.8) is 0 Å². The highest BCUT2D eigenvalue weighted by molar-refractivity contribution is 7.13. The Hall–Kier alpha value is -2.54. The van der Waals surface area contributed by atoms with Gasteiger partial charge in [-0.2, -0.15) is 0 Å². The van der Waals surface area contributed by atoms with Gasteiger partial charge in [0.05, 0.1) is 22.9 Å². The van der Waals surface area contributed by atoms with E-state index in [1.807, 2.05) is 55.5 Å². The number of piperidine rings is 1. The first kappa shape index (κ1) is 17.9. The van der Waals surface area contributed by atoms with Gasteiger partial charge in [-0.25, -0.2) is 9.97 Å². The fourth-order valence-corrected chi connectivity index (χ4v) is 4.61. The van der Waals surface area contributed by atoms with Gasteiger partial charge in [0, 0.05) is 37.6 Å². The van der Waals surface area contributed by atoms with E-state index in [9.17, 15) is 4.79 Å². The van der Waals surface area contributed by atoms with Crippen LogP contribution < -0.4 is 0 Å². The Morgan fingerprint density at radius 1 is 1.26 bits per heavy atom. The third kappa shape index (κ3) is 3.78. The monoisotopic (exact) mass is 381 g/mol. The van der Waals surface area contributed by atoms with Gasteiger partial charge in [-0.1, -0.05) is 6.07 Å². The Morgan fingerprint density at radius 3 is 2.89 bits per heavy atom. The third-order valence-electron chi connectivity index (χ3n) is 4.98. The molecule has 7 heteroatoms. The number of carbonyl (C=O) groups is 1. The molecule has 0 aliphatic carbocycles. The molecule has 1 saturated heterocycles. The molecule has 0 aromatic carbocycles. The standard InChI is InChI=1S/C20H23N5OS/c1-14-18(27-15(2)23-14)20(26)25-10-5-6-16(12-25)19-22-9-11-24(19)13-17-7-3-4-8-21-17/h3-4,7-9,11,16H,5-6,10,12-13H2,1-2H3/t16-/m1/s1. The van der Waals surface area contributed by atoms with Crippen LogP contribution in [0.5, 0.6) is 0 Å². The molecule has 0 N–H and O–H groups in total. The topological polar surface area (TPSA) is 63.9 Å². The number of aromatic nitrogens is 4. The molecule has 0 spiro atoms. The van der Waals surface area contributed by atoms with Crippen molar-refractivity contribution < 1.29 is 4.79 Å². The van der Waals surface area contributed by atoms with Crippen molar-refractivity contribution in [2.24, 2.45) is 0 Å². The van der Waals surface area contributed by atoms with Gasteiger partial charge < -0.3 is 9.47 Å². The Morgan fingerprint density at radius 2 is 2.15 bits per heavy atom. The minimum Gasteiger partial charge on any atom is -0.337 e. The summed E-state index contributed by atoms with van der Waals surface area (Å²) in [6.07, 6.45) is 7.69. The van der Waals surface area contributed by atoms with E-state index in [4.69, 9.17) is 0 Å². The molecule has 0 bridgehead atoms. The van der Waals surface area contributed by atoms with Crippen LogP contribution in [-0.2, 0) is 6.54 Å². The lowest BCUT2D eigenvalue weighted by Crippen LogP contribution is -2.39. The maximum atomic E-state index is 13.0. The van der Waals surface area contributed by atoms with Crippen LogP contribution in [0.4, 0.5) is 0 Å². The van der Waals surface area contributed by atoms with Crippen LogP contribution in [0.25, 0.3) is 0 Å². The maximum absolute atomic E-state index is 13.0. The summed E-state index contributed by atoms with van der Waals surface area (Å²) in [7, 11) is 0. The number of hydrogen-bond donors (Lipinski definition) is 0. The normalized spacial score (nSPS) is 17.3. The van der Waals surface area contributed by atoms with Crippen LogP contribution in [-0.4, -0.2) is 43.4 Å². The smallest absolute Gasteiger partial charge is 0.265 e. The molecule has 0 saturated carbocycles. The number of nitrogens with zero attached hydrogens (tertiary/aromatic N) is 5. The van der Waals surface area contributed by atoms with E-state index in [1.165, 1.54) is 11.3 Å². The van der Waals surface area contributed by atoms with E-state index in [-0.39, 0.29) is 11.8 Å². The fourth-order valence-electron chi connectivity index (χ4n) is 3.73. The molecule has 140 valence electrons. The van der Waals surface area contributed by atoms with Crippen LogP contribution in [0.1, 0.15) is 50.7 Å². The molecular weight excluding hydrogens is 358 g/mol. The highest BCUT2D eigenvalue weighted by Gasteiger charge is 2.29. The van der Waals surface area contributed by atoms with Crippen molar-refractivity contribution >= 4 is 17.2 Å². The number of likely N-dealkylation sites (tertiary alicyclic amines) is 1. The van der Waals surface area contributed by atoms with Crippen molar-refractivity contribution in [2.45, 2.75) is 39.2 Å². The van der Waals surface area contributed by atoms with E-state index >= 15 is 0 Å². The second-order valence-corrected chi connectivity index (χ2v) is 8.18. The maximum Gasteiger partial charge on any atom is 0.265 e. The summed E-state index contributed by atoms with van der Waals surface area (Å²) in [6, 6.07) is 5.95. The summed E-state index contributed by atoms with van der Waals surface area (Å²) in [4.78, 5) is 29.2. The van der Waals surface area contributed by atoms with Crippen LogP contribution in [0, 0.1) is 13.8 Å². The van der Waals surface area contributed by atoms with Gasteiger partial charge in [-0.05, 0) is 38.8 Å². The SMILES string of the molecule is Cc1nc(C)c(C(=O)N2CCC[C@@H](c3nccn3Cc3ccccn3)C2)s1. The molecule has 1 aliphatic heterocycles. The number of aryl methyl sites for hydroxylation is 2. The van der Waals surface area contributed by atoms with Crippen molar-refractivity contribution in [3.05, 3.63) is 63.9 Å². The van der Waals surface area contributed by atoms with Crippen LogP contribution in [0.2, 0.25) is 0 Å². The first-order chi connectivity index (χ1) is 13.1. The molecule has 4 rings (SSSR count). The lowest BCUT2D eigenvalue weighted by atomic mass is 9.97. The molecule has 3 aromatic rings. The number of imidazole rings is 1. The van der Waals surface area contributed by atoms with E-state index < -0.39 is 0 Å². The van der Waals surface area contributed by atoms with Crippen LogP contribution in [0.3, 0.4) is 0 Å². The predicted molar refractivity (Wildman–Crippen MR) is 105 cm³/mol. The van der Waals surface area contributed by atoms with Gasteiger partial charge in [0.2, 0.25) is 0 Å². The minimum atomic E-state index is 0.102. The average Bonchev–Trinajstić information content (AvgIpc) is 3.28. The summed E-state index contributed by atoms with van der Waals surface area (Å²) in [5, 5.41) is 0.940. The van der Waals surface area contributed by atoms with Gasteiger partial charge in [0.1, 0.15) is 10.7 Å². The van der Waals surface area contributed by atoms with E-state index in [0.29, 0.717) is 13.1 Å². The summed E-state index contributed by atoms with van der Waals surface area (Å²) < 4.78 is 2.16. The summed E-state index contributed by atoms with van der Waals surface area (Å²) in [5.41, 5.74) is 1.84. The fraction of sp³-hybridized carbons (Fsp3) is 0.400. The molecule has 3 aromatic heterocycles. The zero-order valence-electron chi connectivity index (χ0n) is 15.6. The molecular formula is C20H23N5OS. The van der Waals surface area contributed by atoms with Gasteiger partial charge in [0.15, 0.2) is 0 Å². The van der Waals surface area contributed by atoms with Crippen molar-refractivity contribution in [3.8, 4) is 0 Å².